The van der Waals surface area contributed by atoms with Crippen molar-refractivity contribution in [3.8, 4) is 11.5 Å². The van der Waals surface area contributed by atoms with E-state index in [1.54, 1.807) is 23.1 Å². The fraction of sp³-hybridized carbons (Fsp3) is 0.350. The number of fused-ring (bicyclic) bond motifs is 1. The molecule has 1 amide bonds. The minimum absolute atomic E-state index is 0.0469. The van der Waals surface area contributed by atoms with Crippen molar-refractivity contribution in [2.75, 3.05) is 25.5 Å². The Hall–Kier alpha value is -2.21. The summed E-state index contributed by atoms with van der Waals surface area (Å²) in [5, 5.41) is 0. The highest BCUT2D eigenvalue weighted by Gasteiger charge is 2.19. The lowest BCUT2D eigenvalue weighted by Gasteiger charge is -2.25. The molecule has 0 saturated heterocycles. The largest absolute Gasteiger partial charge is 0.486 e. The van der Waals surface area contributed by atoms with E-state index in [1.807, 2.05) is 25.1 Å². The summed E-state index contributed by atoms with van der Waals surface area (Å²) < 4.78 is 25.0. The third-order valence-corrected chi connectivity index (χ3v) is 5.20. The molecule has 0 spiro atoms. The van der Waals surface area contributed by atoms with E-state index in [0.717, 1.165) is 17.1 Å². The Labute approximate surface area is 157 Å². The maximum absolute atomic E-state index is 13.6. The number of rotatable bonds is 7. The number of halogens is 1. The molecule has 0 aliphatic carbocycles. The van der Waals surface area contributed by atoms with Gasteiger partial charge >= 0.3 is 0 Å². The molecule has 3 rings (SSSR count). The van der Waals surface area contributed by atoms with E-state index in [4.69, 9.17) is 9.47 Å². The standard InChI is InChI=1S/C20H22FNO3S/c1-2-22(14-15-6-5-8-17-20(15)25-12-11-24-17)19(23)10-13-26-18-9-4-3-7-16(18)21/h3-9H,2,10-14H2,1H3. The SMILES string of the molecule is CCN(Cc1cccc2c1OCCO2)C(=O)CCSc1ccccc1F. The summed E-state index contributed by atoms with van der Waals surface area (Å²) in [6.07, 6.45) is 0.360. The Kier molecular flexibility index (Phi) is 6.39. The Morgan fingerprint density at radius 1 is 1.15 bits per heavy atom. The second-order valence-electron chi connectivity index (χ2n) is 5.88. The topological polar surface area (TPSA) is 38.8 Å². The van der Waals surface area contributed by atoms with Crippen molar-refractivity contribution in [3.63, 3.8) is 0 Å². The third-order valence-electron chi connectivity index (χ3n) is 4.15. The fourth-order valence-electron chi connectivity index (χ4n) is 2.81. The van der Waals surface area contributed by atoms with Crippen LogP contribution < -0.4 is 9.47 Å². The first kappa shape index (κ1) is 18.6. The van der Waals surface area contributed by atoms with Gasteiger partial charge in [0.2, 0.25) is 5.91 Å². The zero-order chi connectivity index (χ0) is 18.4. The van der Waals surface area contributed by atoms with E-state index >= 15 is 0 Å². The van der Waals surface area contributed by atoms with E-state index < -0.39 is 0 Å². The second kappa shape index (κ2) is 8.94. The molecule has 0 radical (unpaired) electrons. The predicted molar refractivity (Wildman–Crippen MR) is 100 cm³/mol. The average Bonchev–Trinajstić information content (AvgIpc) is 2.67. The number of hydrogen-bond acceptors (Lipinski definition) is 4. The van der Waals surface area contributed by atoms with Gasteiger partial charge in [0.15, 0.2) is 11.5 Å². The van der Waals surface area contributed by atoms with Gasteiger partial charge in [-0.1, -0.05) is 24.3 Å². The first-order chi connectivity index (χ1) is 12.7. The molecule has 6 heteroatoms. The number of ether oxygens (including phenoxy) is 2. The summed E-state index contributed by atoms with van der Waals surface area (Å²) in [6.45, 7) is 4.10. The van der Waals surface area contributed by atoms with Gasteiger partial charge in [-0.3, -0.25) is 4.79 Å². The van der Waals surface area contributed by atoms with Crippen LogP contribution in [0, 0.1) is 5.82 Å². The van der Waals surface area contributed by atoms with Gasteiger partial charge in [-0.2, -0.15) is 0 Å². The van der Waals surface area contributed by atoms with Crippen LogP contribution in [0.3, 0.4) is 0 Å². The van der Waals surface area contributed by atoms with Gasteiger partial charge in [-0.15, -0.1) is 11.8 Å². The summed E-state index contributed by atoms with van der Waals surface area (Å²) in [7, 11) is 0. The highest BCUT2D eigenvalue weighted by atomic mass is 32.2. The molecule has 0 fully saturated rings. The number of nitrogens with zero attached hydrogens (tertiary/aromatic N) is 1. The molecule has 4 nitrogen and oxygen atoms in total. The fourth-order valence-corrected chi connectivity index (χ4v) is 3.69. The van der Waals surface area contributed by atoms with Crippen LogP contribution in [0.2, 0.25) is 0 Å². The predicted octanol–water partition coefficient (Wildman–Crippen LogP) is 4.13. The van der Waals surface area contributed by atoms with Crippen molar-refractivity contribution in [3.05, 3.63) is 53.8 Å². The van der Waals surface area contributed by atoms with Crippen LogP contribution in [0.15, 0.2) is 47.4 Å². The molecule has 0 saturated carbocycles. The van der Waals surface area contributed by atoms with E-state index in [2.05, 4.69) is 0 Å². The van der Waals surface area contributed by atoms with Crippen LogP contribution >= 0.6 is 11.8 Å². The highest BCUT2D eigenvalue weighted by Crippen LogP contribution is 2.34. The first-order valence-corrected chi connectivity index (χ1v) is 9.70. The number of amides is 1. The molecule has 1 aliphatic heterocycles. The van der Waals surface area contributed by atoms with E-state index in [1.165, 1.54) is 17.8 Å². The lowest BCUT2D eigenvalue weighted by Crippen LogP contribution is -2.31. The molecule has 0 bridgehead atoms. The number of para-hydroxylation sites is 1. The Balaban J connectivity index is 1.58. The number of carbonyl (C=O) groups excluding carboxylic acids is 1. The molecular formula is C20H22FNO3S. The summed E-state index contributed by atoms with van der Waals surface area (Å²) in [5.41, 5.74) is 0.944. The van der Waals surface area contributed by atoms with Crippen molar-refractivity contribution >= 4 is 17.7 Å². The maximum atomic E-state index is 13.6. The van der Waals surface area contributed by atoms with Crippen molar-refractivity contribution in [1.29, 1.82) is 0 Å². The smallest absolute Gasteiger partial charge is 0.223 e. The minimum Gasteiger partial charge on any atom is -0.486 e. The molecule has 0 unspecified atom stereocenters. The van der Waals surface area contributed by atoms with Gasteiger partial charge in [0.1, 0.15) is 19.0 Å². The molecule has 0 atom stereocenters. The molecule has 2 aromatic carbocycles. The minimum atomic E-state index is -0.245. The summed E-state index contributed by atoms with van der Waals surface area (Å²) in [5.74, 6) is 1.80. The molecule has 0 aromatic heterocycles. The zero-order valence-electron chi connectivity index (χ0n) is 14.7. The first-order valence-electron chi connectivity index (χ1n) is 8.71. The molecule has 0 N–H and O–H groups in total. The summed E-state index contributed by atoms with van der Waals surface area (Å²) in [4.78, 5) is 14.9. The van der Waals surface area contributed by atoms with Crippen LogP contribution in [0.25, 0.3) is 0 Å². The lowest BCUT2D eigenvalue weighted by atomic mass is 10.1. The second-order valence-corrected chi connectivity index (χ2v) is 7.01. The van der Waals surface area contributed by atoms with Gasteiger partial charge in [0, 0.05) is 35.7 Å². The maximum Gasteiger partial charge on any atom is 0.223 e. The molecule has 1 heterocycles. The Morgan fingerprint density at radius 2 is 1.96 bits per heavy atom. The van der Waals surface area contributed by atoms with Gasteiger partial charge in [0.05, 0.1) is 0 Å². The molecule has 1 aliphatic rings. The van der Waals surface area contributed by atoms with Crippen LogP contribution in [-0.4, -0.2) is 36.3 Å². The summed E-state index contributed by atoms with van der Waals surface area (Å²) >= 11 is 1.37. The monoisotopic (exact) mass is 375 g/mol. The van der Waals surface area contributed by atoms with E-state index in [0.29, 0.717) is 43.4 Å². The van der Waals surface area contributed by atoms with Crippen LogP contribution in [0.5, 0.6) is 11.5 Å². The average molecular weight is 375 g/mol. The van der Waals surface area contributed by atoms with Crippen molar-refractivity contribution < 1.29 is 18.7 Å². The highest BCUT2D eigenvalue weighted by molar-refractivity contribution is 7.99. The molecule has 138 valence electrons. The quantitative estimate of drug-likeness (QED) is 0.682. The molecule has 2 aromatic rings. The number of thioether (sulfide) groups is 1. The van der Waals surface area contributed by atoms with E-state index in [-0.39, 0.29) is 11.7 Å². The van der Waals surface area contributed by atoms with Crippen molar-refractivity contribution in [2.45, 2.75) is 24.8 Å². The normalized spacial score (nSPS) is 12.7. The van der Waals surface area contributed by atoms with Crippen LogP contribution in [0.4, 0.5) is 4.39 Å². The zero-order valence-corrected chi connectivity index (χ0v) is 15.6. The summed E-state index contributed by atoms with van der Waals surface area (Å²) in [6, 6.07) is 12.4. The van der Waals surface area contributed by atoms with Crippen molar-refractivity contribution in [1.82, 2.24) is 4.90 Å². The van der Waals surface area contributed by atoms with Gasteiger partial charge in [-0.25, -0.2) is 4.39 Å². The third kappa shape index (κ3) is 4.49. The van der Waals surface area contributed by atoms with E-state index in [9.17, 15) is 9.18 Å². The van der Waals surface area contributed by atoms with Gasteiger partial charge in [0.25, 0.3) is 0 Å². The number of benzene rings is 2. The van der Waals surface area contributed by atoms with Crippen LogP contribution in [0.1, 0.15) is 18.9 Å². The van der Waals surface area contributed by atoms with Crippen LogP contribution in [-0.2, 0) is 11.3 Å². The Morgan fingerprint density at radius 3 is 2.77 bits per heavy atom. The Bertz CT molecular complexity index is 768. The molecule has 26 heavy (non-hydrogen) atoms. The molecular weight excluding hydrogens is 353 g/mol. The van der Waals surface area contributed by atoms with Gasteiger partial charge < -0.3 is 14.4 Å². The number of hydrogen-bond donors (Lipinski definition) is 0. The number of carbonyl (C=O) groups is 1. The lowest BCUT2D eigenvalue weighted by molar-refractivity contribution is -0.131. The van der Waals surface area contributed by atoms with Gasteiger partial charge in [-0.05, 0) is 25.1 Å². The van der Waals surface area contributed by atoms with Crippen molar-refractivity contribution in [2.24, 2.45) is 0 Å².